The van der Waals surface area contributed by atoms with E-state index in [9.17, 15) is 4.79 Å². The Morgan fingerprint density at radius 3 is 2.80 bits per heavy atom. The van der Waals surface area contributed by atoms with Gasteiger partial charge in [-0.2, -0.15) is 0 Å². The molecule has 1 atom stereocenters. The number of hydrogen-bond donors (Lipinski definition) is 0. The summed E-state index contributed by atoms with van der Waals surface area (Å²) in [6, 6.07) is 0. The van der Waals surface area contributed by atoms with E-state index in [4.69, 9.17) is 0 Å². The lowest BCUT2D eigenvalue weighted by atomic mass is 9.91. The van der Waals surface area contributed by atoms with Crippen molar-refractivity contribution in [3.63, 3.8) is 0 Å². The number of hydrogen-bond acceptors (Lipinski definition) is 2. The molecule has 0 heterocycles. The summed E-state index contributed by atoms with van der Waals surface area (Å²) in [5.41, 5.74) is -0.339. The van der Waals surface area contributed by atoms with Gasteiger partial charge in [-0.25, -0.2) is 0 Å². The number of ether oxygens (including phenoxy) is 1. The van der Waals surface area contributed by atoms with Crippen molar-refractivity contribution >= 4 is 5.97 Å². The Morgan fingerprint density at radius 1 is 1.70 bits per heavy atom. The van der Waals surface area contributed by atoms with Crippen LogP contribution < -0.4 is 0 Å². The van der Waals surface area contributed by atoms with Gasteiger partial charge in [0, 0.05) is 0 Å². The van der Waals surface area contributed by atoms with Crippen molar-refractivity contribution in [2.45, 2.75) is 19.8 Å². The van der Waals surface area contributed by atoms with Crippen LogP contribution in [-0.2, 0) is 9.53 Å². The quantitative estimate of drug-likeness (QED) is 0.407. The van der Waals surface area contributed by atoms with Crippen LogP contribution in [0.25, 0.3) is 0 Å². The Bertz CT molecular complexity index is 172. The Labute approximate surface area is 60.9 Å². The molecule has 0 N–H and O–H groups in total. The fourth-order valence-corrected chi connectivity index (χ4v) is 1.21. The average molecular weight is 140 g/mol. The summed E-state index contributed by atoms with van der Waals surface area (Å²) >= 11 is 0. The lowest BCUT2D eigenvalue weighted by Crippen LogP contribution is -2.24. The summed E-state index contributed by atoms with van der Waals surface area (Å²) in [7, 11) is 1.43. The molecule has 1 unspecified atom stereocenters. The van der Waals surface area contributed by atoms with Gasteiger partial charge in [-0.05, 0) is 19.8 Å². The zero-order valence-corrected chi connectivity index (χ0v) is 6.39. The Hall–Kier alpha value is -0.790. The summed E-state index contributed by atoms with van der Waals surface area (Å²) in [6.07, 6.45) is 5.83. The summed E-state index contributed by atoms with van der Waals surface area (Å²) in [5, 5.41) is 0. The van der Waals surface area contributed by atoms with E-state index in [-0.39, 0.29) is 11.4 Å². The van der Waals surface area contributed by atoms with Crippen molar-refractivity contribution < 1.29 is 9.53 Å². The Balaban J connectivity index is 2.68. The first-order chi connectivity index (χ1) is 4.69. The van der Waals surface area contributed by atoms with Crippen molar-refractivity contribution in [1.82, 2.24) is 0 Å². The van der Waals surface area contributed by atoms with E-state index < -0.39 is 0 Å². The number of allylic oxidation sites excluding steroid dienone is 1. The standard InChI is InChI=1S/C8H12O2/c1-8(7(9)10-2)5-3-4-6-8/h3,5H,4,6H2,1-2H3. The molecule has 0 aromatic carbocycles. The van der Waals surface area contributed by atoms with Crippen molar-refractivity contribution in [2.75, 3.05) is 7.11 Å². The zero-order chi connectivity index (χ0) is 7.61. The topological polar surface area (TPSA) is 26.3 Å². The second-order valence-electron chi connectivity index (χ2n) is 2.85. The monoisotopic (exact) mass is 140 g/mol. The molecule has 0 amide bonds. The van der Waals surface area contributed by atoms with E-state index >= 15 is 0 Å². The van der Waals surface area contributed by atoms with Gasteiger partial charge in [-0.3, -0.25) is 4.79 Å². The predicted octanol–water partition coefficient (Wildman–Crippen LogP) is 1.52. The van der Waals surface area contributed by atoms with Crippen molar-refractivity contribution in [3.8, 4) is 0 Å². The number of carbonyl (C=O) groups is 1. The van der Waals surface area contributed by atoms with E-state index in [2.05, 4.69) is 4.74 Å². The van der Waals surface area contributed by atoms with Gasteiger partial charge in [0.2, 0.25) is 0 Å². The molecule has 56 valence electrons. The zero-order valence-electron chi connectivity index (χ0n) is 6.39. The van der Waals surface area contributed by atoms with Gasteiger partial charge in [0.25, 0.3) is 0 Å². The third kappa shape index (κ3) is 1.06. The SMILES string of the molecule is COC(=O)C1(C)C=CCC1. The third-order valence-corrected chi connectivity index (χ3v) is 1.97. The molecular weight excluding hydrogens is 128 g/mol. The molecule has 10 heavy (non-hydrogen) atoms. The van der Waals surface area contributed by atoms with Crippen LogP contribution in [0.2, 0.25) is 0 Å². The van der Waals surface area contributed by atoms with Crippen molar-refractivity contribution in [2.24, 2.45) is 5.41 Å². The molecule has 0 aromatic rings. The molecule has 2 heteroatoms. The fourth-order valence-electron chi connectivity index (χ4n) is 1.21. The van der Waals surface area contributed by atoms with E-state index in [0.717, 1.165) is 12.8 Å². The highest BCUT2D eigenvalue weighted by Gasteiger charge is 2.33. The van der Waals surface area contributed by atoms with Gasteiger partial charge >= 0.3 is 5.97 Å². The van der Waals surface area contributed by atoms with Crippen LogP contribution in [0.1, 0.15) is 19.8 Å². The number of rotatable bonds is 1. The molecule has 0 fully saturated rings. The molecule has 0 aliphatic heterocycles. The Kier molecular flexibility index (Phi) is 1.79. The van der Waals surface area contributed by atoms with Gasteiger partial charge in [-0.1, -0.05) is 12.2 Å². The van der Waals surface area contributed by atoms with E-state index in [1.165, 1.54) is 7.11 Å². The minimum absolute atomic E-state index is 0.124. The number of carbonyl (C=O) groups excluding carboxylic acids is 1. The van der Waals surface area contributed by atoms with Gasteiger partial charge < -0.3 is 4.74 Å². The lowest BCUT2D eigenvalue weighted by molar-refractivity contribution is -0.148. The second kappa shape index (κ2) is 2.45. The molecule has 1 aliphatic carbocycles. The normalized spacial score (nSPS) is 30.6. The van der Waals surface area contributed by atoms with Crippen LogP contribution >= 0.6 is 0 Å². The minimum Gasteiger partial charge on any atom is -0.468 e. The molecule has 1 aliphatic rings. The highest BCUT2D eigenvalue weighted by molar-refractivity contribution is 5.79. The fraction of sp³-hybridized carbons (Fsp3) is 0.625. The molecule has 0 spiro atoms. The van der Waals surface area contributed by atoms with Gasteiger partial charge in [0.15, 0.2) is 0 Å². The number of methoxy groups -OCH3 is 1. The van der Waals surface area contributed by atoms with Crippen molar-refractivity contribution in [1.29, 1.82) is 0 Å². The summed E-state index contributed by atoms with van der Waals surface area (Å²) < 4.78 is 4.65. The molecule has 0 aromatic heterocycles. The Morgan fingerprint density at radius 2 is 2.40 bits per heavy atom. The van der Waals surface area contributed by atoms with E-state index in [1.54, 1.807) is 0 Å². The molecule has 1 rings (SSSR count). The second-order valence-corrected chi connectivity index (χ2v) is 2.85. The van der Waals surface area contributed by atoms with Crippen LogP contribution in [0.5, 0.6) is 0 Å². The lowest BCUT2D eigenvalue weighted by Gasteiger charge is -2.17. The van der Waals surface area contributed by atoms with Gasteiger partial charge in [-0.15, -0.1) is 0 Å². The van der Waals surface area contributed by atoms with Crippen LogP contribution in [-0.4, -0.2) is 13.1 Å². The average Bonchev–Trinajstić information content (AvgIpc) is 2.36. The van der Waals surface area contributed by atoms with Crippen LogP contribution in [0.4, 0.5) is 0 Å². The summed E-state index contributed by atoms with van der Waals surface area (Å²) in [6.45, 7) is 1.91. The van der Waals surface area contributed by atoms with Crippen LogP contribution in [0.3, 0.4) is 0 Å². The maximum Gasteiger partial charge on any atom is 0.315 e. The largest absolute Gasteiger partial charge is 0.468 e. The molecule has 0 radical (unpaired) electrons. The van der Waals surface area contributed by atoms with Crippen LogP contribution in [0.15, 0.2) is 12.2 Å². The van der Waals surface area contributed by atoms with Gasteiger partial charge in [0.05, 0.1) is 12.5 Å². The minimum atomic E-state index is -0.339. The maximum absolute atomic E-state index is 11.1. The third-order valence-electron chi connectivity index (χ3n) is 1.97. The first-order valence-corrected chi connectivity index (χ1v) is 3.45. The molecular formula is C8H12O2. The number of esters is 1. The molecule has 0 saturated heterocycles. The summed E-state index contributed by atoms with van der Waals surface area (Å²) in [4.78, 5) is 11.1. The molecule has 0 saturated carbocycles. The van der Waals surface area contributed by atoms with E-state index in [0.29, 0.717) is 0 Å². The predicted molar refractivity (Wildman–Crippen MR) is 38.5 cm³/mol. The highest BCUT2D eigenvalue weighted by atomic mass is 16.5. The molecule has 2 nitrogen and oxygen atoms in total. The van der Waals surface area contributed by atoms with E-state index in [1.807, 2.05) is 19.1 Å². The van der Waals surface area contributed by atoms with Gasteiger partial charge in [0.1, 0.15) is 0 Å². The van der Waals surface area contributed by atoms with Crippen molar-refractivity contribution in [3.05, 3.63) is 12.2 Å². The maximum atomic E-state index is 11.1. The summed E-state index contributed by atoms with van der Waals surface area (Å²) in [5.74, 6) is -0.124. The molecule has 0 bridgehead atoms. The smallest absolute Gasteiger partial charge is 0.315 e. The highest BCUT2D eigenvalue weighted by Crippen LogP contribution is 2.32. The first-order valence-electron chi connectivity index (χ1n) is 3.45. The first kappa shape index (κ1) is 7.32. The van der Waals surface area contributed by atoms with Crippen LogP contribution in [0, 0.1) is 5.41 Å².